The zero-order valence-corrected chi connectivity index (χ0v) is 15.0. The summed E-state index contributed by atoms with van der Waals surface area (Å²) in [6, 6.07) is 0. The first kappa shape index (κ1) is 18.2. The molecule has 0 fully saturated rings. The van der Waals surface area contributed by atoms with Gasteiger partial charge in [-0.3, -0.25) is 0 Å². The van der Waals surface area contributed by atoms with Crippen molar-refractivity contribution in [3.63, 3.8) is 0 Å². The molecule has 0 radical (unpaired) electrons. The molecule has 0 saturated carbocycles. The third kappa shape index (κ3) is 5.47. The van der Waals surface area contributed by atoms with Crippen LogP contribution in [-0.4, -0.2) is 15.0 Å². The second-order valence-corrected chi connectivity index (χ2v) is 5.79. The van der Waals surface area contributed by atoms with Crippen LogP contribution in [0.4, 0.5) is 0 Å². The van der Waals surface area contributed by atoms with Crippen LogP contribution in [0.5, 0.6) is 0 Å². The van der Waals surface area contributed by atoms with E-state index >= 15 is 0 Å². The lowest BCUT2D eigenvalue weighted by Gasteiger charge is -2.09. The van der Waals surface area contributed by atoms with Crippen LogP contribution in [0, 0.1) is 11.8 Å². The number of rotatable bonds is 2. The summed E-state index contributed by atoms with van der Waals surface area (Å²) < 4.78 is 0. The first-order valence-corrected chi connectivity index (χ1v) is 8.72. The molecule has 3 rings (SSSR count). The van der Waals surface area contributed by atoms with Crippen molar-refractivity contribution in [2.75, 3.05) is 0 Å². The molecule has 2 aliphatic rings. The molecule has 0 aromatic carbocycles. The Morgan fingerprint density at radius 3 is 2.58 bits per heavy atom. The van der Waals surface area contributed by atoms with Gasteiger partial charge in [0.2, 0.25) is 5.28 Å². The molecule has 0 atom stereocenters. The minimum Gasteiger partial charge on any atom is -0.208 e. The van der Waals surface area contributed by atoms with Crippen LogP contribution in [-0.2, 0) is 0 Å². The van der Waals surface area contributed by atoms with Crippen molar-refractivity contribution in [3.8, 4) is 11.8 Å². The summed E-state index contributed by atoms with van der Waals surface area (Å²) in [6.07, 6.45) is 17.0. The van der Waals surface area contributed by atoms with E-state index in [1.54, 1.807) is 0 Å². The summed E-state index contributed by atoms with van der Waals surface area (Å²) in [5, 5.41) is 0.217. The highest BCUT2D eigenvalue weighted by molar-refractivity contribution is 6.28. The third-order valence-electron chi connectivity index (χ3n) is 3.21. The van der Waals surface area contributed by atoms with E-state index in [-0.39, 0.29) is 5.28 Å². The first-order valence-electron chi connectivity index (χ1n) is 8.35. The highest BCUT2D eigenvalue weighted by Crippen LogP contribution is 2.22. The molecule has 0 spiro atoms. The van der Waals surface area contributed by atoms with E-state index < -0.39 is 0 Å². The van der Waals surface area contributed by atoms with Crippen molar-refractivity contribution in [3.05, 3.63) is 53.4 Å². The van der Waals surface area contributed by atoms with E-state index in [1.807, 2.05) is 24.3 Å². The Balaban J connectivity index is 0.000000647. The Hall–Kier alpha value is -2.18. The van der Waals surface area contributed by atoms with Gasteiger partial charge < -0.3 is 0 Å². The van der Waals surface area contributed by atoms with Crippen LogP contribution >= 0.6 is 11.6 Å². The molecular weight excluding hydrogens is 318 g/mol. The minimum absolute atomic E-state index is 0.217. The molecule has 0 unspecified atom stereocenters. The fourth-order valence-electron chi connectivity index (χ4n) is 2.16. The van der Waals surface area contributed by atoms with Crippen LogP contribution in [0.2, 0.25) is 5.28 Å². The van der Waals surface area contributed by atoms with E-state index in [0.717, 1.165) is 30.4 Å². The number of halogens is 1. The fraction of sp³-hybridized carbons (Fsp3) is 0.350. The Kier molecular flexibility index (Phi) is 7.45. The second kappa shape index (κ2) is 9.85. The number of aromatic nitrogens is 3. The maximum atomic E-state index is 6.07. The monoisotopic (exact) mass is 339 g/mol. The summed E-state index contributed by atoms with van der Waals surface area (Å²) in [4.78, 5) is 13.0. The summed E-state index contributed by atoms with van der Waals surface area (Å²) in [5.41, 5.74) is 1.96. The smallest absolute Gasteiger partial charge is 0.208 e. The van der Waals surface area contributed by atoms with Crippen molar-refractivity contribution in [2.45, 2.75) is 46.0 Å². The van der Waals surface area contributed by atoms with Gasteiger partial charge in [-0.2, -0.15) is 9.97 Å². The molecule has 4 heteroatoms. The van der Waals surface area contributed by atoms with Crippen molar-refractivity contribution >= 4 is 22.7 Å². The highest BCUT2D eigenvalue weighted by atomic mass is 35.5. The molecule has 124 valence electrons. The van der Waals surface area contributed by atoms with Crippen molar-refractivity contribution in [2.24, 2.45) is 0 Å². The summed E-state index contributed by atoms with van der Waals surface area (Å²) in [5.74, 6) is 7.42. The Labute approximate surface area is 149 Å². The summed E-state index contributed by atoms with van der Waals surface area (Å²) in [6.45, 7) is 4.25. The second-order valence-electron chi connectivity index (χ2n) is 5.45. The molecular formula is C20H22ClN3. The molecule has 0 saturated heterocycles. The zero-order valence-electron chi connectivity index (χ0n) is 14.2. The van der Waals surface area contributed by atoms with Gasteiger partial charge in [0.25, 0.3) is 0 Å². The van der Waals surface area contributed by atoms with Gasteiger partial charge in [-0.25, -0.2) is 4.98 Å². The van der Waals surface area contributed by atoms with Crippen LogP contribution in [0.3, 0.4) is 0 Å². The van der Waals surface area contributed by atoms with Gasteiger partial charge in [0.15, 0.2) is 11.6 Å². The molecule has 0 bridgehead atoms. The summed E-state index contributed by atoms with van der Waals surface area (Å²) in [7, 11) is 0. The topological polar surface area (TPSA) is 38.7 Å². The number of hydrogen-bond acceptors (Lipinski definition) is 3. The summed E-state index contributed by atoms with van der Waals surface area (Å²) >= 11 is 6.07. The molecule has 24 heavy (non-hydrogen) atoms. The minimum atomic E-state index is 0.217. The zero-order chi connectivity index (χ0) is 17.2. The van der Waals surface area contributed by atoms with Gasteiger partial charge in [-0.1, -0.05) is 68.6 Å². The lowest BCUT2D eigenvalue weighted by atomic mass is 10.1. The van der Waals surface area contributed by atoms with E-state index in [0.29, 0.717) is 18.1 Å². The van der Waals surface area contributed by atoms with E-state index in [1.165, 1.54) is 6.42 Å². The predicted molar refractivity (Wildman–Crippen MR) is 101 cm³/mol. The van der Waals surface area contributed by atoms with E-state index in [4.69, 9.17) is 11.6 Å². The van der Waals surface area contributed by atoms with Crippen LogP contribution in [0.1, 0.15) is 57.6 Å². The molecule has 0 aliphatic heterocycles. The van der Waals surface area contributed by atoms with Gasteiger partial charge in [0.1, 0.15) is 0 Å². The Morgan fingerprint density at radius 2 is 1.83 bits per heavy atom. The molecule has 1 aromatic rings. The quantitative estimate of drug-likeness (QED) is 0.676. The highest BCUT2D eigenvalue weighted by Gasteiger charge is 2.12. The van der Waals surface area contributed by atoms with Gasteiger partial charge in [-0.15, -0.1) is 0 Å². The largest absolute Gasteiger partial charge is 0.226 e. The van der Waals surface area contributed by atoms with E-state index in [2.05, 4.69) is 52.8 Å². The number of hydrogen-bond donors (Lipinski definition) is 0. The van der Waals surface area contributed by atoms with Gasteiger partial charge in [0.05, 0.1) is 0 Å². The third-order valence-corrected chi connectivity index (χ3v) is 3.37. The van der Waals surface area contributed by atoms with Crippen LogP contribution < -0.4 is 0 Å². The normalized spacial score (nSPS) is 19.3. The molecule has 0 amide bonds. The van der Waals surface area contributed by atoms with Crippen LogP contribution in [0.25, 0.3) is 11.1 Å². The van der Waals surface area contributed by atoms with Crippen molar-refractivity contribution in [1.82, 2.24) is 15.0 Å². The van der Waals surface area contributed by atoms with Gasteiger partial charge >= 0.3 is 0 Å². The molecule has 0 N–H and O–H groups in total. The van der Waals surface area contributed by atoms with Crippen LogP contribution in [0.15, 0.2) is 36.5 Å². The number of nitrogens with zero attached hydrogens (tertiary/aromatic N) is 3. The van der Waals surface area contributed by atoms with Gasteiger partial charge in [0, 0.05) is 24.0 Å². The van der Waals surface area contributed by atoms with Crippen molar-refractivity contribution in [1.29, 1.82) is 0 Å². The lowest BCUT2D eigenvalue weighted by molar-refractivity contribution is 0.972. The standard InChI is InChI=1S/C17H14ClN3.C3H8/c18-17-20-15(13-9-5-2-1-3-6-10-13)19-16(21-17)14-11-7-4-8-12-14;1-3-2/h2,5,7,9,11-12H,1,4,8,10H2;3H2,1-2H3/b5-2-,13-9+;. The fourth-order valence-corrected chi connectivity index (χ4v) is 2.32. The van der Waals surface area contributed by atoms with Crippen molar-refractivity contribution < 1.29 is 0 Å². The molecule has 3 nitrogen and oxygen atoms in total. The number of allylic oxidation sites excluding steroid dienone is 8. The maximum absolute atomic E-state index is 6.07. The predicted octanol–water partition coefficient (Wildman–Crippen LogP) is 5.41. The SMILES string of the molecule is CCC.Clc1nc(C2=CCCC=C2)nc(/C2=C/C=C\CC#CC2)n1. The molecule has 1 heterocycles. The average Bonchev–Trinajstić information content (AvgIpc) is 2.55. The molecule has 2 aliphatic carbocycles. The molecule has 1 aromatic heterocycles. The lowest BCUT2D eigenvalue weighted by Crippen LogP contribution is -2.03. The van der Waals surface area contributed by atoms with Gasteiger partial charge in [-0.05, 0) is 24.4 Å². The maximum Gasteiger partial charge on any atom is 0.226 e. The van der Waals surface area contributed by atoms with E-state index in [9.17, 15) is 0 Å². The Bertz CT molecular complexity index is 746. The Morgan fingerprint density at radius 1 is 1.04 bits per heavy atom. The average molecular weight is 340 g/mol. The first-order chi connectivity index (χ1) is 11.7.